The molecule has 0 N–H and O–H groups in total. The van der Waals surface area contributed by atoms with E-state index in [4.69, 9.17) is 0 Å². The molecule has 0 saturated heterocycles. The first-order valence-electron chi connectivity index (χ1n) is 19.9. The topological polar surface area (TPSA) is 0 Å². The van der Waals surface area contributed by atoms with Gasteiger partial charge >= 0.3 is 269 Å². The molecule has 0 aliphatic carbocycles. The molecule has 0 aromatic heterocycles. The Labute approximate surface area is 268 Å². The number of hydrogen-bond acceptors (Lipinski definition) is 0. The molecule has 0 heterocycles. The zero-order chi connectivity index (χ0) is 30.3. The standard InChI is InChI=1S/3C12H25.C4H9.Sn/c3*1-3-5-7-9-11-12-10-8-6-4-2;1-4(2)3;/h3*1,3-12H2,2H3;1-3H3;. The van der Waals surface area contributed by atoms with E-state index >= 15 is 0 Å². The fourth-order valence-corrected chi connectivity index (χ4v) is 23.9. The van der Waals surface area contributed by atoms with Gasteiger partial charge in [0.05, 0.1) is 0 Å². The Morgan fingerprint density at radius 3 is 0.610 bits per heavy atom. The normalized spacial score (nSPS) is 12.4. The average molecular weight is 684 g/mol. The molecule has 0 atom stereocenters. The molecule has 0 saturated carbocycles. The molecule has 0 aliphatic rings. The molecule has 0 aromatic rings. The fraction of sp³-hybridized carbons (Fsp3) is 1.00. The molecule has 41 heavy (non-hydrogen) atoms. The first-order valence-corrected chi connectivity index (χ1v) is 27.4. The van der Waals surface area contributed by atoms with Crippen LogP contribution in [0.3, 0.4) is 0 Å². The Kier molecular flexibility index (Phi) is 31.4. The number of hydrogen-bond donors (Lipinski definition) is 0. The fourth-order valence-electron chi connectivity index (χ4n) is 7.35. The van der Waals surface area contributed by atoms with E-state index in [1.807, 2.05) is 0 Å². The van der Waals surface area contributed by atoms with Gasteiger partial charge in [0.15, 0.2) is 0 Å². The van der Waals surface area contributed by atoms with Gasteiger partial charge in [-0.05, 0) is 0 Å². The van der Waals surface area contributed by atoms with Crippen molar-refractivity contribution in [2.75, 3.05) is 0 Å². The Morgan fingerprint density at radius 2 is 0.439 bits per heavy atom. The van der Waals surface area contributed by atoms with Gasteiger partial charge in [-0.2, -0.15) is 0 Å². The second-order valence-electron chi connectivity index (χ2n) is 15.3. The van der Waals surface area contributed by atoms with Crippen LogP contribution in [0.1, 0.15) is 234 Å². The predicted octanol–water partition coefficient (Wildman–Crippen LogP) is 16.0. The van der Waals surface area contributed by atoms with Crippen molar-refractivity contribution in [3.63, 3.8) is 0 Å². The van der Waals surface area contributed by atoms with Gasteiger partial charge in [0.2, 0.25) is 0 Å². The van der Waals surface area contributed by atoms with Gasteiger partial charge in [0, 0.05) is 0 Å². The van der Waals surface area contributed by atoms with Crippen LogP contribution in [0.2, 0.25) is 16.7 Å². The van der Waals surface area contributed by atoms with Crippen LogP contribution in [0.25, 0.3) is 0 Å². The van der Waals surface area contributed by atoms with Crippen LogP contribution in [0, 0.1) is 0 Å². The summed E-state index contributed by atoms with van der Waals surface area (Å²) in [6, 6.07) is 0. The van der Waals surface area contributed by atoms with Crippen molar-refractivity contribution in [3.05, 3.63) is 0 Å². The van der Waals surface area contributed by atoms with Crippen molar-refractivity contribution in [1.82, 2.24) is 0 Å². The van der Waals surface area contributed by atoms with E-state index in [-0.39, 0.29) is 0 Å². The predicted molar refractivity (Wildman–Crippen MR) is 195 cm³/mol. The molecule has 0 aromatic carbocycles. The zero-order valence-electron chi connectivity index (χ0n) is 30.3. The van der Waals surface area contributed by atoms with E-state index in [1.165, 1.54) is 173 Å². The van der Waals surface area contributed by atoms with Crippen LogP contribution in [0.15, 0.2) is 0 Å². The van der Waals surface area contributed by atoms with Crippen molar-refractivity contribution in [2.45, 2.75) is 251 Å². The van der Waals surface area contributed by atoms with E-state index in [2.05, 4.69) is 41.5 Å². The Balaban J connectivity index is 4.55. The number of unbranched alkanes of at least 4 members (excludes halogenated alkanes) is 27. The van der Waals surface area contributed by atoms with Crippen molar-refractivity contribution in [1.29, 1.82) is 0 Å². The van der Waals surface area contributed by atoms with Crippen molar-refractivity contribution in [3.8, 4) is 0 Å². The molecule has 0 unspecified atom stereocenters. The molecular formula is C40H84Sn. The van der Waals surface area contributed by atoms with Crippen LogP contribution in [-0.4, -0.2) is 18.4 Å². The second-order valence-corrected chi connectivity index (χ2v) is 31.2. The molecule has 0 aliphatic heterocycles. The van der Waals surface area contributed by atoms with Gasteiger partial charge < -0.3 is 0 Å². The van der Waals surface area contributed by atoms with Crippen LogP contribution >= 0.6 is 0 Å². The van der Waals surface area contributed by atoms with Gasteiger partial charge in [-0.25, -0.2) is 0 Å². The van der Waals surface area contributed by atoms with Crippen molar-refractivity contribution >= 4 is 18.4 Å². The van der Waals surface area contributed by atoms with E-state index < -0.39 is 18.4 Å². The van der Waals surface area contributed by atoms with Crippen molar-refractivity contribution in [2.24, 2.45) is 0 Å². The van der Waals surface area contributed by atoms with Crippen LogP contribution < -0.4 is 0 Å². The summed E-state index contributed by atoms with van der Waals surface area (Å²) in [5, 5.41) is 0. The minimum atomic E-state index is -2.21. The molecule has 248 valence electrons. The quantitative estimate of drug-likeness (QED) is 0.0477. The van der Waals surface area contributed by atoms with Crippen LogP contribution in [-0.2, 0) is 0 Å². The maximum absolute atomic E-state index is 2.69. The second kappa shape index (κ2) is 30.8. The van der Waals surface area contributed by atoms with Crippen molar-refractivity contribution < 1.29 is 0 Å². The summed E-state index contributed by atoms with van der Waals surface area (Å²) in [7, 11) is 0. The summed E-state index contributed by atoms with van der Waals surface area (Å²) in [5.41, 5.74) is 0. The first kappa shape index (κ1) is 41.8. The molecule has 0 bridgehead atoms. The van der Waals surface area contributed by atoms with Gasteiger partial charge in [0.25, 0.3) is 0 Å². The molecule has 0 radical (unpaired) electrons. The molecule has 0 rings (SSSR count). The molecule has 0 fully saturated rings. The maximum atomic E-state index is 2.69. The van der Waals surface area contributed by atoms with E-state index in [0.717, 1.165) is 0 Å². The molecule has 1 heteroatoms. The van der Waals surface area contributed by atoms with Crippen LogP contribution in [0.4, 0.5) is 0 Å². The first-order chi connectivity index (χ1) is 19.9. The van der Waals surface area contributed by atoms with E-state index in [9.17, 15) is 0 Å². The van der Waals surface area contributed by atoms with Gasteiger partial charge in [-0.1, -0.05) is 0 Å². The average Bonchev–Trinajstić information content (AvgIpc) is 2.95. The monoisotopic (exact) mass is 685 g/mol. The van der Waals surface area contributed by atoms with E-state index in [0.29, 0.717) is 3.43 Å². The number of rotatable bonds is 33. The van der Waals surface area contributed by atoms with E-state index in [1.54, 1.807) is 32.6 Å². The third-order valence-corrected chi connectivity index (χ3v) is 30.9. The molecular weight excluding hydrogens is 599 g/mol. The molecule has 0 nitrogen and oxygen atoms in total. The zero-order valence-corrected chi connectivity index (χ0v) is 33.2. The van der Waals surface area contributed by atoms with Gasteiger partial charge in [0.1, 0.15) is 0 Å². The molecule has 0 amide bonds. The Bertz CT molecular complexity index is 430. The minimum absolute atomic E-state index is 0.645. The Hall–Kier alpha value is 0.799. The summed E-state index contributed by atoms with van der Waals surface area (Å²) in [4.78, 5) is 0. The van der Waals surface area contributed by atoms with Gasteiger partial charge in [-0.3, -0.25) is 0 Å². The van der Waals surface area contributed by atoms with Crippen LogP contribution in [0.5, 0.6) is 0 Å². The summed E-state index contributed by atoms with van der Waals surface area (Å²) in [6.45, 7) is 15.0. The Morgan fingerprint density at radius 1 is 0.268 bits per heavy atom. The third-order valence-electron chi connectivity index (χ3n) is 10.6. The summed E-state index contributed by atoms with van der Waals surface area (Å²) >= 11 is -2.21. The summed E-state index contributed by atoms with van der Waals surface area (Å²) in [5.74, 6) is 0. The molecule has 0 spiro atoms. The summed E-state index contributed by atoms with van der Waals surface area (Å²) < 4.78 is 5.74. The SMILES string of the molecule is CCCCCCCCCCC[CH2][Sn]([CH2]CCCCCCCCCCC)([CH2]CCCCCCCCCCC)[C](C)(C)C. The third kappa shape index (κ3) is 25.8. The summed E-state index contributed by atoms with van der Waals surface area (Å²) in [6.07, 6.45) is 44.6. The van der Waals surface area contributed by atoms with Gasteiger partial charge in [-0.15, -0.1) is 0 Å².